The first-order chi connectivity index (χ1) is 7.19. The highest BCUT2D eigenvalue weighted by atomic mass is 16.5. The van der Waals surface area contributed by atoms with Crippen molar-refractivity contribution in [2.45, 2.75) is 19.3 Å². The number of hydrogen-bond donors (Lipinski definition) is 0. The quantitative estimate of drug-likeness (QED) is 0.707. The summed E-state index contributed by atoms with van der Waals surface area (Å²) in [5.74, 6) is -0.832. The van der Waals surface area contributed by atoms with Gasteiger partial charge >= 0.3 is 5.97 Å². The normalized spacial score (nSPS) is 11.5. The number of carbonyl (C=O) groups is 1. The maximum Gasteiger partial charge on any atom is 0.314 e. The van der Waals surface area contributed by atoms with Crippen molar-refractivity contribution in [3.05, 3.63) is 35.4 Å². The molecular formula is C12H13NO2. The molecule has 0 saturated heterocycles. The number of aryl methyl sites for hydroxylation is 1. The van der Waals surface area contributed by atoms with Crippen molar-refractivity contribution in [3.63, 3.8) is 0 Å². The van der Waals surface area contributed by atoms with E-state index < -0.39 is 5.92 Å². The van der Waals surface area contributed by atoms with Gasteiger partial charge in [-0.15, -0.1) is 0 Å². The zero-order valence-corrected chi connectivity index (χ0v) is 8.86. The van der Waals surface area contributed by atoms with Crippen LogP contribution >= 0.6 is 0 Å². The van der Waals surface area contributed by atoms with E-state index in [1.165, 1.54) is 7.11 Å². The zero-order valence-electron chi connectivity index (χ0n) is 8.86. The van der Waals surface area contributed by atoms with Gasteiger partial charge in [0.05, 0.1) is 25.5 Å². The van der Waals surface area contributed by atoms with E-state index in [2.05, 4.69) is 4.74 Å². The van der Waals surface area contributed by atoms with E-state index in [0.29, 0.717) is 0 Å². The molecule has 0 aromatic heterocycles. The lowest BCUT2D eigenvalue weighted by Crippen LogP contribution is -2.13. The van der Waals surface area contributed by atoms with Gasteiger partial charge in [0.25, 0.3) is 0 Å². The third-order valence-corrected chi connectivity index (χ3v) is 2.26. The number of hydrogen-bond acceptors (Lipinski definition) is 3. The maximum atomic E-state index is 11.4. The van der Waals surface area contributed by atoms with E-state index in [9.17, 15) is 4.79 Å². The number of nitrogens with zero attached hydrogens (tertiary/aromatic N) is 1. The average molecular weight is 203 g/mol. The Hall–Kier alpha value is -1.82. The van der Waals surface area contributed by atoms with Crippen molar-refractivity contribution in [2.75, 3.05) is 7.11 Å². The highest BCUT2D eigenvalue weighted by molar-refractivity contribution is 5.78. The SMILES string of the molecule is COC(=O)C(CC#N)c1ccc(C)cc1. The van der Waals surface area contributed by atoms with Crippen LogP contribution in [0.4, 0.5) is 0 Å². The van der Waals surface area contributed by atoms with Crippen molar-refractivity contribution in [1.82, 2.24) is 0 Å². The maximum absolute atomic E-state index is 11.4. The van der Waals surface area contributed by atoms with Crippen molar-refractivity contribution in [3.8, 4) is 6.07 Å². The molecule has 3 nitrogen and oxygen atoms in total. The van der Waals surface area contributed by atoms with E-state index in [-0.39, 0.29) is 12.4 Å². The molecule has 1 rings (SSSR count). The minimum Gasteiger partial charge on any atom is -0.469 e. The van der Waals surface area contributed by atoms with Crippen LogP contribution in [0, 0.1) is 18.3 Å². The standard InChI is InChI=1S/C12H13NO2/c1-9-3-5-10(6-4-9)11(7-8-13)12(14)15-2/h3-6,11H,7H2,1-2H3. The number of rotatable bonds is 3. The van der Waals surface area contributed by atoms with Gasteiger partial charge in [0.1, 0.15) is 0 Å². The Morgan fingerprint density at radius 3 is 2.53 bits per heavy atom. The first kappa shape index (κ1) is 11.3. The Labute approximate surface area is 89.3 Å². The molecular weight excluding hydrogens is 190 g/mol. The van der Waals surface area contributed by atoms with Gasteiger partial charge < -0.3 is 4.74 Å². The number of carbonyl (C=O) groups excluding carboxylic acids is 1. The molecule has 1 aromatic rings. The van der Waals surface area contributed by atoms with E-state index in [4.69, 9.17) is 5.26 Å². The predicted molar refractivity (Wildman–Crippen MR) is 56.2 cm³/mol. The van der Waals surface area contributed by atoms with Crippen LogP contribution in [-0.2, 0) is 9.53 Å². The fourth-order valence-corrected chi connectivity index (χ4v) is 1.37. The summed E-state index contributed by atoms with van der Waals surface area (Å²) in [6.45, 7) is 1.97. The molecule has 0 amide bonds. The molecule has 78 valence electrons. The van der Waals surface area contributed by atoms with Crippen LogP contribution < -0.4 is 0 Å². The summed E-state index contributed by atoms with van der Waals surface area (Å²) in [5, 5.41) is 8.64. The lowest BCUT2D eigenvalue weighted by atomic mass is 9.96. The second-order valence-electron chi connectivity index (χ2n) is 3.35. The number of esters is 1. The minimum absolute atomic E-state index is 0.149. The zero-order chi connectivity index (χ0) is 11.3. The number of methoxy groups -OCH3 is 1. The highest BCUT2D eigenvalue weighted by Gasteiger charge is 2.20. The summed E-state index contributed by atoms with van der Waals surface area (Å²) in [6.07, 6.45) is 0.149. The lowest BCUT2D eigenvalue weighted by Gasteiger charge is -2.11. The topological polar surface area (TPSA) is 50.1 Å². The first-order valence-corrected chi connectivity index (χ1v) is 4.70. The smallest absolute Gasteiger partial charge is 0.314 e. The van der Waals surface area contributed by atoms with Crippen molar-refractivity contribution in [2.24, 2.45) is 0 Å². The highest BCUT2D eigenvalue weighted by Crippen LogP contribution is 2.21. The molecule has 0 spiro atoms. The van der Waals surface area contributed by atoms with Gasteiger partial charge in [0.15, 0.2) is 0 Å². The molecule has 0 fully saturated rings. The van der Waals surface area contributed by atoms with Crippen LogP contribution in [0.3, 0.4) is 0 Å². The molecule has 0 heterocycles. The third kappa shape index (κ3) is 2.81. The van der Waals surface area contributed by atoms with Crippen molar-refractivity contribution in [1.29, 1.82) is 5.26 Å². The lowest BCUT2D eigenvalue weighted by molar-refractivity contribution is -0.142. The molecule has 0 saturated carbocycles. The number of ether oxygens (including phenoxy) is 1. The van der Waals surface area contributed by atoms with E-state index in [0.717, 1.165) is 11.1 Å². The van der Waals surface area contributed by atoms with Gasteiger partial charge in [0.2, 0.25) is 0 Å². The monoisotopic (exact) mass is 203 g/mol. The summed E-state index contributed by atoms with van der Waals surface area (Å²) in [5.41, 5.74) is 1.95. The summed E-state index contributed by atoms with van der Waals surface area (Å²) in [6, 6.07) is 9.54. The molecule has 0 aliphatic rings. The molecule has 0 aliphatic carbocycles. The van der Waals surface area contributed by atoms with Crippen molar-refractivity contribution >= 4 is 5.97 Å². The largest absolute Gasteiger partial charge is 0.469 e. The van der Waals surface area contributed by atoms with Gasteiger partial charge in [-0.3, -0.25) is 4.79 Å². The predicted octanol–water partition coefficient (Wildman–Crippen LogP) is 2.17. The summed E-state index contributed by atoms with van der Waals surface area (Å²) in [7, 11) is 1.33. The van der Waals surface area contributed by atoms with Gasteiger partial charge in [-0.1, -0.05) is 29.8 Å². The second kappa shape index (κ2) is 5.16. The third-order valence-electron chi connectivity index (χ3n) is 2.26. The Kier molecular flexibility index (Phi) is 3.87. The average Bonchev–Trinajstić information content (AvgIpc) is 2.26. The summed E-state index contributed by atoms with van der Waals surface area (Å²) in [4.78, 5) is 11.4. The summed E-state index contributed by atoms with van der Waals surface area (Å²) >= 11 is 0. The van der Waals surface area contributed by atoms with Crippen LogP contribution in [0.1, 0.15) is 23.5 Å². The van der Waals surface area contributed by atoms with Gasteiger partial charge in [-0.2, -0.15) is 5.26 Å². The molecule has 0 bridgehead atoms. The Morgan fingerprint density at radius 2 is 2.07 bits per heavy atom. The number of benzene rings is 1. The first-order valence-electron chi connectivity index (χ1n) is 4.70. The van der Waals surface area contributed by atoms with Crippen LogP contribution in [0.15, 0.2) is 24.3 Å². The molecule has 0 radical (unpaired) electrons. The van der Waals surface area contributed by atoms with Gasteiger partial charge in [0, 0.05) is 0 Å². The van der Waals surface area contributed by atoms with Crippen LogP contribution in [0.2, 0.25) is 0 Å². The molecule has 0 aliphatic heterocycles. The molecule has 0 N–H and O–H groups in total. The molecule has 15 heavy (non-hydrogen) atoms. The molecule has 3 heteroatoms. The molecule has 1 unspecified atom stereocenters. The van der Waals surface area contributed by atoms with Crippen molar-refractivity contribution < 1.29 is 9.53 Å². The Morgan fingerprint density at radius 1 is 1.47 bits per heavy atom. The van der Waals surface area contributed by atoms with E-state index >= 15 is 0 Å². The fraction of sp³-hybridized carbons (Fsp3) is 0.333. The second-order valence-corrected chi connectivity index (χ2v) is 3.35. The van der Waals surface area contributed by atoms with E-state index in [1.807, 2.05) is 37.3 Å². The van der Waals surface area contributed by atoms with Gasteiger partial charge in [-0.25, -0.2) is 0 Å². The molecule has 1 aromatic carbocycles. The van der Waals surface area contributed by atoms with Crippen LogP contribution in [0.25, 0.3) is 0 Å². The molecule has 1 atom stereocenters. The number of nitriles is 1. The van der Waals surface area contributed by atoms with Crippen LogP contribution in [0.5, 0.6) is 0 Å². The van der Waals surface area contributed by atoms with Crippen LogP contribution in [-0.4, -0.2) is 13.1 Å². The summed E-state index contributed by atoms with van der Waals surface area (Å²) < 4.78 is 4.66. The fourth-order valence-electron chi connectivity index (χ4n) is 1.37. The van der Waals surface area contributed by atoms with Gasteiger partial charge in [-0.05, 0) is 12.5 Å². The Bertz CT molecular complexity index is 376. The minimum atomic E-state index is -0.472. The van der Waals surface area contributed by atoms with E-state index in [1.54, 1.807) is 0 Å². The Balaban J connectivity index is 2.94.